The van der Waals surface area contributed by atoms with Gasteiger partial charge in [0.15, 0.2) is 0 Å². The van der Waals surface area contributed by atoms with Crippen molar-refractivity contribution >= 4 is 5.91 Å². The Balaban J connectivity index is 3.34. The van der Waals surface area contributed by atoms with Crippen LogP contribution in [0, 0.1) is 5.41 Å². The first-order valence-electron chi connectivity index (χ1n) is 5.42. The van der Waals surface area contributed by atoms with Gasteiger partial charge < -0.3 is 15.4 Å². The van der Waals surface area contributed by atoms with Gasteiger partial charge in [-0.05, 0) is 11.8 Å². The van der Waals surface area contributed by atoms with Crippen molar-refractivity contribution in [1.82, 2.24) is 10.6 Å². The number of carbonyl (C=O) groups excluding carboxylic acids is 1. The minimum absolute atomic E-state index is 0.0513. The van der Waals surface area contributed by atoms with Crippen LogP contribution in [0.1, 0.15) is 27.2 Å². The van der Waals surface area contributed by atoms with E-state index in [1.54, 1.807) is 7.11 Å². The fraction of sp³-hybridized carbons (Fsp3) is 0.909. The number of amides is 1. The third kappa shape index (κ3) is 11.3. The second-order valence-corrected chi connectivity index (χ2v) is 4.86. The number of methoxy groups -OCH3 is 1. The predicted molar refractivity (Wildman–Crippen MR) is 61.8 cm³/mol. The fourth-order valence-corrected chi connectivity index (χ4v) is 1.06. The van der Waals surface area contributed by atoms with E-state index in [2.05, 4.69) is 31.4 Å². The number of hydrogen-bond donors (Lipinski definition) is 2. The molecule has 0 fully saturated rings. The Bertz CT molecular complexity index is 176. The summed E-state index contributed by atoms with van der Waals surface area (Å²) >= 11 is 0. The lowest BCUT2D eigenvalue weighted by Gasteiger charge is -2.18. The van der Waals surface area contributed by atoms with Crippen LogP contribution >= 0.6 is 0 Å². The van der Waals surface area contributed by atoms with Gasteiger partial charge in [0.25, 0.3) is 0 Å². The smallest absolute Gasteiger partial charge is 0.233 e. The minimum Gasteiger partial charge on any atom is -0.385 e. The SMILES string of the molecule is COCCCNC(=O)CNCC(C)(C)C. The Hall–Kier alpha value is -0.610. The van der Waals surface area contributed by atoms with Gasteiger partial charge in [0.2, 0.25) is 5.91 Å². The zero-order valence-corrected chi connectivity index (χ0v) is 10.4. The third-order valence-electron chi connectivity index (χ3n) is 1.79. The molecule has 4 heteroatoms. The van der Waals surface area contributed by atoms with Crippen LogP contribution in [0.4, 0.5) is 0 Å². The highest BCUT2D eigenvalue weighted by atomic mass is 16.5. The molecular formula is C11H24N2O2. The molecule has 2 N–H and O–H groups in total. The molecule has 0 bridgehead atoms. The van der Waals surface area contributed by atoms with Crippen LogP contribution in [-0.2, 0) is 9.53 Å². The lowest BCUT2D eigenvalue weighted by molar-refractivity contribution is -0.120. The van der Waals surface area contributed by atoms with Crippen molar-refractivity contribution < 1.29 is 9.53 Å². The quantitative estimate of drug-likeness (QED) is 0.618. The highest BCUT2D eigenvalue weighted by Crippen LogP contribution is 2.09. The van der Waals surface area contributed by atoms with Crippen LogP contribution in [0.3, 0.4) is 0 Å². The lowest BCUT2D eigenvalue weighted by atomic mass is 9.97. The maximum atomic E-state index is 11.3. The second kappa shape index (κ2) is 7.65. The number of carbonyl (C=O) groups is 1. The van der Waals surface area contributed by atoms with E-state index in [1.165, 1.54) is 0 Å². The number of ether oxygens (including phenoxy) is 1. The molecule has 0 aromatic rings. The van der Waals surface area contributed by atoms with Crippen LogP contribution < -0.4 is 10.6 Å². The van der Waals surface area contributed by atoms with Gasteiger partial charge in [0.1, 0.15) is 0 Å². The molecule has 4 nitrogen and oxygen atoms in total. The number of rotatable bonds is 7. The molecule has 0 unspecified atom stereocenters. The van der Waals surface area contributed by atoms with Gasteiger partial charge in [-0.15, -0.1) is 0 Å². The fourth-order valence-electron chi connectivity index (χ4n) is 1.06. The summed E-state index contributed by atoms with van der Waals surface area (Å²) in [6.45, 7) is 9.02. The summed E-state index contributed by atoms with van der Waals surface area (Å²) in [5.74, 6) is 0.0513. The maximum Gasteiger partial charge on any atom is 0.233 e. The molecule has 0 saturated carbocycles. The van der Waals surface area contributed by atoms with E-state index in [1.807, 2.05) is 0 Å². The van der Waals surface area contributed by atoms with E-state index in [4.69, 9.17) is 4.74 Å². The third-order valence-corrected chi connectivity index (χ3v) is 1.79. The zero-order valence-electron chi connectivity index (χ0n) is 10.4. The molecule has 90 valence electrons. The standard InChI is InChI=1S/C11H24N2O2/c1-11(2,3)9-12-8-10(14)13-6-5-7-15-4/h12H,5-9H2,1-4H3,(H,13,14). The van der Waals surface area contributed by atoms with Gasteiger partial charge in [-0.1, -0.05) is 20.8 Å². The summed E-state index contributed by atoms with van der Waals surface area (Å²) < 4.78 is 4.88. The molecule has 1 amide bonds. The molecule has 0 rings (SSSR count). The molecule has 0 heterocycles. The number of hydrogen-bond acceptors (Lipinski definition) is 3. The van der Waals surface area contributed by atoms with Crippen molar-refractivity contribution in [1.29, 1.82) is 0 Å². The molecule has 0 aliphatic rings. The molecule has 0 atom stereocenters. The largest absolute Gasteiger partial charge is 0.385 e. The molecule has 0 aromatic heterocycles. The van der Waals surface area contributed by atoms with Crippen LogP contribution in [0.2, 0.25) is 0 Å². The molecular weight excluding hydrogens is 192 g/mol. The first-order valence-corrected chi connectivity index (χ1v) is 5.42. The average Bonchev–Trinajstić information content (AvgIpc) is 2.10. The van der Waals surface area contributed by atoms with E-state index in [9.17, 15) is 4.79 Å². The van der Waals surface area contributed by atoms with Crippen molar-refractivity contribution in [3.8, 4) is 0 Å². The average molecular weight is 216 g/mol. The van der Waals surface area contributed by atoms with E-state index < -0.39 is 0 Å². The normalized spacial score (nSPS) is 11.5. The second-order valence-electron chi connectivity index (χ2n) is 4.86. The van der Waals surface area contributed by atoms with Gasteiger partial charge >= 0.3 is 0 Å². The highest BCUT2D eigenvalue weighted by molar-refractivity contribution is 5.77. The molecule has 15 heavy (non-hydrogen) atoms. The van der Waals surface area contributed by atoms with Crippen molar-refractivity contribution in [2.45, 2.75) is 27.2 Å². The monoisotopic (exact) mass is 216 g/mol. The predicted octanol–water partition coefficient (Wildman–Crippen LogP) is 0.775. The highest BCUT2D eigenvalue weighted by Gasteiger charge is 2.09. The van der Waals surface area contributed by atoms with Crippen molar-refractivity contribution in [3.63, 3.8) is 0 Å². The summed E-state index contributed by atoms with van der Waals surface area (Å²) in [6, 6.07) is 0. The minimum atomic E-state index is 0.0513. The van der Waals surface area contributed by atoms with Gasteiger partial charge in [-0.2, -0.15) is 0 Å². The molecule has 0 aliphatic heterocycles. The van der Waals surface area contributed by atoms with Crippen LogP contribution in [-0.4, -0.2) is 39.3 Å². The topological polar surface area (TPSA) is 50.4 Å². The summed E-state index contributed by atoms with van der Waals surface area (Å²) in [7, 11) is 1.66. The number of nitrogens with one attached hydrogen (secondary N) is 2. The van der Waals surface area contributed by atoms with E-state index in [0.717, 1.165) is 13.0 Å². The zero-order chi connectivity index (χ0) is 11.7. The first kappa shape index (κ1) is 14.4. The Morgan fingerprint density at radius 3 is 2.53 bits per heavy atom. The molecule has 0 aromatic carbocycles. The Morgan fingerprint density at radius 2 is 2.00 bits per heavy atom. The van der Waals surface area contributed by atoms with Crippen LogP contribution in [0.15, 0.2) is 0 Å². The van der Waals surface area contributed by atoms with Gasteiger partial charge in [-0.3, -0.25) is 4.79 Å². The van der Waals surface area contributed by atoms with Gasteiger partial charge in [-0.25, -0.2) is 0 Å². The van der Waals surface area contributed by atoms with Crippen molar-refractivity contribution in [2.24, 2.45) is 5.41 Å². The Morgan fingerprint density at radius 1 is 1.33 bits per heavy atom. The van der Waals surface area contributed by atoms with Crippen LogP contribution in [0.5, 0.6) is 0 Å². The van der Waals surface area contributed by atoms with E-state index in [-0.39, 0.29) is 11.3 Å². The molecule has 0 radical (unpaired) electrons. The summed E-state index contributed by atoms with van der Waals surface area (Å²) in [5, 5.41) is 5.94. The molecule has 0 aliphatic carbocycles. The maximum absolute atomic E-state index is 11.3. The van der Waals surface area contributed by atoms with Crippen molar-refractivity contribution in [3.05, 3.63) is 0 Å². The lowest BCUT2D eigenvalue weighted by Crippen LogP contribution is -2.37. The van der Waals surface area contributed by atoms with Gasteiger partial charge in [0.05, 0.1) is 6.54 Å². The van der Waals surface area contributed by atoms with E-state index >= 15 is 0 Å². The molecule has 0 saturated heterocycles. The summed E-state index contributed by atoms with van der Waals surface area (Å²) in [6.07, 6.45) is 0.863. The van der Waals surface area contributed by atoms with E-state index in [0.29, 0.717) is 19.7 Å². The Kier molecular flexibility index (Phi) is 7.34. The van der Waals surface area contributed by atoms with Gasteiger partial charge in [0, 0.05) is 26.8 Å². The summed E-state index contributed by atoms with van der Waals surface area (Å²) in [4.78, 5) is 11.3. The van der Waals surface area contributed by atoms with Crippen LogP contribution in [0.25, 0.3) is 0 Å². The first-order chi connectivity index (χ1) is 6.95. The summed E-state index contributed by atoms with van der Waals surface area (Å²) in [5.41, 5.74) is 0.219. The molecule has 0 spiro atoms. The Labute approximate surface area is 92.8 Å². The van der Waals surface area contributed by atoms with Crippen molar-refractivity contribution in [2.75, 3.05) is 33.4 Å².